The third-order valence-corrected chi connectivity index (χ3v) is 3.23. The molecular formula is C10H19BN2O4. The van der Waals surface area contributed by atoms with Gasteiger partial charge in [0.05, 0.1) is 6.54 Å². The van der Waals surface area contributed by atoms with Crippen LogP contribution >= 0.6 is 0 Å². The summed E-state index contributed by atoms with van der Waals surface area (Å²) in [5.41, 5.74) is 5.28. The molecule has 1 aliphatic rings. The van der Waals surface area contributed by atoms with Crippen LogP contribution in [0.3, 0.4) is 0 Å². The van der Waals surface area contributed by atoms with Gasteiger partial charge in [-0.1, -0.05) is 6.42 Å². The summed E-state index contributed by atoms with van der Waals surface area (Å²) in [5.74, 6) is -0.176. The molecule has 17 heavy (non-hydrogen) atoms. The highest BCUT2D eigenvalue weighted by Crippen LogP contribution is 2.26. The van der Waals surface area contributed by atoms with Crippen molar-refractivity contribution in [2.45, 2.75) is 19.2 Å². The van der Waals surface area contributed by atoms with E-state index >= 15 is 0 Å². The van der Waals surface area contributed by atoms with E-state index in [0.29, 0.717) is 25.8 Å². The van der Waals surface area contributed by atoms with Gasteiger partial charge in [-0.15, -0.1) is 0 Å². The Hall–Kier alpha value is -0.915. The molecule has 0 aliphatic carbocycles. The smallest absolute Gasteiger partial charge is 0.427 e. The molecule has 0 aromatic carbocycles. The number of nitrogens with two attached hydrogens (primary N) is 1. The van der Waals surface area contributed by atoms with Gasteiger partial charge in [0.1, 0.15) is 6.29 Å². The van der Waals surface area contributed by atoms with E-state index in [1.54, 1.807) is 4.90 Å². The average Bonchev–Trinajstić information content (AvgIpc) is 2.71. The van der Waals surface area contributed by atoms with E-state index < -0.39 is 7.12 Å². The fraction of sp³-hybridized carbons (Fsp3) is 0.800. The van der Waals surface area contributed by atoms with Crippen molar-refractivity contribution < 1.29 is 19.6 Å². The van der Waals surface area contributed by atoms with E-state index in [1.165, 1.54) is 0 Å². The predicted molar refractivity (Wildman–Crippen MR) is 62.9 cm³/mol. The van der Waals surface area contributed by atoms with Crippen LogP contribution < -0.4 is 5.73 Å². The number of carbonyl (C=O) groups is 2. The Bertz CT molecular complexity index is 275. The van der Waals surface area contributed by atoms with Gasteiger partial charge in [-0.2, -0.15) is 0 Å². The molecule has 0 aromatic heterocycles. The number of rotatable bonds is 6. The zero-order chi connectivity index (χ0) is 12.8. The lowest BCUT2D eigenvalue weighted by atomic mass is 9.81. The summed E-state index contributed by atoms with van der Waals surface area (Å²) in [6.45, 7) is 0.945. The van der Waals surface area contributed by atoms with E-state index in [-0.39, 0.29) is 24.3 Å². The van der Waals surface area contributed by atoms with E-state index in [1.807, 2.05) is 0 Å². The summed E-state index contributed by atoms with van der Waals surface area (Å²) >= 11 is 0. The van der Waals surface area contributed by atoms with Crippen molar-refractivity contribution in [1.29, 1.82) is 0 Å². The van der Waals surface area contributed by atoms with E-state index in [0.717, 1.165) is 12.7 Å². The summed E-state index contributed by atoms with van der Waals surface area (Å²) in [5, 5.41) is 17.5. The number of likely N-dealkylation sites (tertiary alicyclic amines) is 1. The van der Waals surface area contributed by atoms with E-state index in [2.05, 4.69) is 0 Å². The molecule has 1 aliphatic heterocycles. The van der Waals surface area contributed by atoms with Gasteiger partial charge < -0.3 is 25.5 Å². The van der Waals surface area contributed by atoms with Crippen LogP contribution in [-0.4, -0.2) is 53.9 Å². The van der Waals surface area contributed by atoms with Gasteiger partial charge in [-0.3, -0.25) is 4.79 Å². The molecule has 96 valence electrons. The van der Waals surface area contributed by atoms with Crippen LogP contribution in [0, 0.1) is 11.8 Å². The molecular weight excluding hydrogens is 223 g/mol. The summed E-state index contributed by atoms with van der Waals surface area (Å²) in [6, 6.07) is 0. The molecule has 0 aromatic rings. The standard InChI is InChI=1S/C10H19BN2O4/c12-4-10(15)13-5-8(9(6-13)7-14)2-1-3-11(16)17/h7-9,16-17H,1-6,12H2. The maximum Gasteiger partial charge on any atom is 0.451 e. The maximum atomic E-state index is 11.4. The van der Waals surface area contributed by atoms with Crippen LogP contribution in [0.2, 0.25) is 6.32 Å². The molecule has 2 unspecified atom stereocenters. The highest BCUT2D eigenvalue weighted by molar-refractivity contribution is 6.40. The lowest BCUT2D eigenvalue weighted by Gasteiger charge is -2.15. The Labute approximate surface area is 101 Å². The van der Waals surface area contributed by atoms with Crippen LogP contribution in [0.1, 0.15) is 12.8 Å². The van der Waals surface area contributed by atoms with Crippen LogP contribution in [-0.2, 0) is 9.59 Å². The van der Waals surface area contributed by atoms with Gasteiger partial charge >= 0.3 is 7.12 Å². The minimum Gasteiger partial charge on any atom is -0.427 e. The van der Waals surface area contributed by atoms with Crippen molar-refractivity contribution in [2.75, 3.05) is 19.6 Å². The quantitative estimate of drug-likeness (QED) is 0.387. The molecule has 0 saturated carbocycles. The summed E-state index contributed by atoms with van der Waals surface area (Å²) in [4.78, 5) is 23.9. The van der Waals surface area contributed by atoms with E-state index in [4.69, 9.17) is 15.8 Å². The van der Waals surface area contributed by atoms with Crippen molar-refractivity contribution in [3.05, 3.63) is 0 Å². The highest BCUT2D eigenvalue weighted by Gasteiger charge is 2.34. The third-order valence-electron chi connectivity index (χ3n) is 3.23. The number of amides is 1. The van der Waals surface area contributed by atoms with Crippen molar-refractivity contribution in [3.63, 3.8) is 0 Å². The van der Waals surface area contributed by atoms with Crippen LogP contribution in [0.15, 0.2) is 0 Å². The summed E-state index contributed by atoms with van der Waals surface area (Å²) < 4.78 is 0. The molecule has 0 radical (unpaired) electrons. The number of aldehydes is 1. The predicted octanol–water partition coefficient (Wildman–Crippen LogP) is -1.53. The number of hydrogen-bond acceptors (Lipinski definition) is 5. The third kappa shape index (κ3) is 4.10. The molecule has 4 N–H and O–H groups in total. The van der Waals surface area contributed by atoms with E-state index in [9.17, 15) is 9.59 Å². The second kappa shape index (κ2) is 6.73. The average molecular weight is 242 g/mol. The second-order valence-corrected chi connectivity index (χ2v) is 4.47. The molecule has 1 rings (SSSR count). The van der Waals surface area contributed by atoms with Gasteiger partial charge in [-0.05, 0) is 18.7 Å². The Morgan fingerprint density at radius 1 is 1.47 bits per heavy atom. The van der Waals surface area contributed by atoms with Gasteiger partial charge in [0.2, 0.25) is 5.91 Å². The first-order valence-electron chi connectivity index (χ1n) is 5.87. The molecule has 1 heterocycles. The lowest BCUT2D eigenvalue weighted by molar-refractivity contribution is -0.128. The maximum absolute atomic E-state index is 11.4. The Morgan fingerprint density at radius 2 is 2.18 bits per heavy atom. The topological polar surface area (TPSA) is 104 Å². The Morgan fingerprint density at radius 3 is 2.71 bits per heavy atom. The normalized spacial score (nSPS) is 23.8. The number of hydrogen-bond donors (Lipinski definition) is 3. The molecule has 2 atom stereocenters. The zero-order valence-corrected chi connectivity index (χ0v) is 9.79. The molecule has 1 fully saturated rings. The highest BCUT2D eigenvalue weighted by atomic mass is 16.4. The molecule has 1 amide bonds. The fourth-order valence-electron chi connectivity index (χ4n) is 2.25. The number of nitrogens with zero attached hydrogens (tertiary/aromatic N) is 1. The zero-order valence-electron chi connectivity index (χ0n) is 9.79. The van der Waals surface area contributed by atoms with Crippen molar-refractivity contribution >= 4 is 19.3 Å². The minimum atomic E-state index is -1.30. The Kier molecular flexibility index (Phi) is 5.60. The van der Waals surface area contributed by atoms with Crippen molar-refractivity contribution in [1.82, 2.24) is 4.90 Å². The van der Waals surface area contributed by atoms with Crippen molar-refractivity contribution in [2.24, 2.45) is 17.6 Å². The van der Waals surface area contributed by atoms with Crippen LogP contribution in [0.5, 0.6) is 0 Å². The molecule has 1 saturated heterocycles. The van der Waals surface area contributed by atoms with Crippen molar-refractivity contribution in [3.8, 4) is 0 Å². The largest absolute Gasteiger partial charge is 0.451 e. The summed E-state index contributed by atoms with van der Waals surface area (Å²) in [7, 11) is -1.30. The van der Waals surface area contributed by atoms with Gasteiger partial charge in [0, 0.05) is 19.0 Å². The number of carbonyl (C=O) groups excluding carboxylic acids is 2. The van der Waals surface area contributed by atoms with Crippen LogP contribution in [0.25, 0.3) is 0 Å². The Balaban J connectivity index is 2.42. The van der Waals surface area contributed by atoms with Gasteiger partial charge in [0.25, 0.3) is 0 Å². The minimum absolute atomic E-state index is 0.0341. The lowest BCUT2D eigenvalue weighted by Crippen LogP contribution is -2.34. The molecule has 0 spiro atoms. The van der Waals surface area contributed by atoms with Gasteiger partial charge in [-0.25, -0.2) is 0 Å². The monoisotopic (exact) mass is 242 g/mol. The molecule has 0 bridgehead atoms. The van der Waals surface area contributed by atoms with Gasteiger partial charge in [0.15, 0.2) is 0 Å². The SMILES string of the molecule is NCC(=O)N1CC(C=O)C(CCCB(O)O)C1. The molecule has 6 nitrogen and oxygen atoms in total. The molecule has 7 heteroatoms. The fourth-order valence-corrected chi connectivity index (χ4v) is 2.25. The first-order valence-corrected chi connectivity index (χ1v) is 5.87. The second-order valence-electron chi connectivity index (χ2n) is 4.47. The first-order chi connectivity index (χ1) is 8.08. The summed E-state index contributed by atoms with van der Waals surface area (Å²) in [6.07, 6.45) is 2.53. The van der Waals surface area contributed by atoms with Crippen LogP contribution in [0.4, 0.5) is 0 Å². The first kappa shape index (κ1) is 14.1.